The Kier molecular flexibility index (Phi) is 5.16. The molecule has 1 atom stereocenters. The molecule has 0 fully saturated rings. The van der Waals surface area contributed by atoms with Gasteiger partial charge in [-0.15, -0.1) is 11.3 Å². The average molecular weight is 306 g/mol. The number of hydrogen-bond donors (Lipinski definition) is 1. The highest BCUT2D eigenvalue weighted by Gasteiger charge is 2.23. The molecule has 0 bridgehead atoms. The van der Waals surface area contributed by atoms with E-state index in [-0.39, 0.29) is 17.5 Å². The number of thiophene rings is 1. The van der Waals surface area contributed by atoms with Gasteiger partial charge >= 0.3 is 5.69 Å². The van der Waals surface area contributed by atoms with Crippen LogP contribution in [0.3, 0.4) is 0 Å². The number of hydrogen-bond acceptors (Lipinski definition) is 5. The van der Waals surface area contributed by atoms with E-state index in [2.05, 4.69) is 12.2 Å². The van der Waals surface area contributed by atoms with Crippen molar-refractivity contribution in [2.75, 3.05) is 12.4 Å². The molecule has 1 N–H and O–H groups in total. The van der Waals surface area contributed by atoms with Crippen LogP contribution in [0.1, 0.15) is 30.7 Å². The van der Waals surface area contributed by atoms with Crippen LogP contribution in [-0.4, -0.2) is 12.0 Å². The predicted molar refractivity (Wildman–Crippen MR) is 85.2 cm³/mol. The zero-order valence-electron chi connectivity index (χ0n) is 12.0. The first-order chi connectivity index (χ1) is 10.2. The van der Waals surface area contributed by atoms with Crippen LogP contribution in [0, 0.1) is 10.1 Å². The molecule has 0 saturated carbocycles. The van der Waals surface area contributed by atoms with E-state index in [1.807, 2.05) is 17.5 Å². The second-order valence-electron chi connectivity index (χ2n) is 4.61. The third-order valence-corrected chi connectivity index (χ3v) is 4.18. The lowest BCUT2D eigenvalue weighted by Gasteiger charge is -2.18. The van der Waals surface area contributed by atoms with Crippen LogP contribution in [0.4, 0.5) is 11.4 Å². The van der Waals surface area contributed by atoms with Gasteiger partial charge in [-0.05, 0) is 30.0 Å². The number of anilines is 1. The molecule has 21 heavy (non-hydrogen) atoms. The number of nitro groups is 1. The minimum absolute atomic E-state index is 0.0161. The van der Waals surface area contributed by atoms with Gasteiger partial charge in [0.05, 0.1) is 18.1 Å². The predicted octanol–water partition coefficient (Wildman–Crippen LogP) is 4.62. The Morgan fingerprint density at radius 1 is 1.38 bits per heavy atom. The monoisotopic (exact) mass is 306 g/mol. The van der Waals surface area contributed by atoms with E-state index in [0.717, 1.165) is 12.8 Å². The Morgan fingerprint density at radius 2 is 2.19 bits per heavy atom. The molecule has 1 unspecified atom stereocenters. The van der Waals surface area contributed by atoms with Crippen LogP contribution < -0.4 is 10.1 Å². The van der Waals surface area contributed by atoms with Gasteiger partial charge in [0.2, 0.25) is 0 Å². The van der Waals surface area contributed by atoms with E-state index >= 15 is 0 Å². The summed E-state index contributed by atoms with van der Waals surface area (Å²) in [4.78, 5) is 12.1. The average Bonchev–Trinajstić information content (AvgIpc) is 3.00. The number of rotatable bonds is 7. The topological polar surface area (TPSA) is 64.4 Å². The van der Waals surface area contributed by atoms with Gasteiger partial charge in [0.15, 0.2) is 5.75 Å². The van der Waals surface area contributed by atoms with Crippen LogP contribution in [0.2, 0.25) is 0 Å². The van der Waals surface area contributed by atoms with Gasteiger partial charge in [-0.3, -0.25) is 10.1 Å². The maximum absolute atomic E-state index is 11.3. The number of para-hydroxylation sites is 1. The minimum Gasteiger partial charge on any atom is -0.490 e. The molecule has 6 heteroatoms. The number of nitro benzene ring substituents is 1. The fraction of sp³-hybridized carbons (Fsp3) is 0.333. The summed E-state index contributed by atoms with van der Waals surface area (Å²) >= 11 is 1.65. The Morgan fingerprint density at radius 3 is 2.76 bits per heavy atom. The van der Waals surface area contributed by atoms with Crippen molar-refractivity contribution in [3.05, 3.63) is 50.7 Å². The van der Waals surface area contributed by atoms with E-state index < -0.39 is 4.92 Å². The lowest BCUT2D eigenvalue weighted by atomic mass is 10.1. The van der Waals surface area contributed by atoms with Gasteiger partial charge < -0.3 is 10.1 Å². The molecule has 2 rings (SSSR count). The highest BCUT2D eigenvalue weighted by molar-refractivity contribution is 7.10. The van der Waals surface area contributed by atoms with Gasteiger partial charge in [0, 0.05) is 4.88 Å². The van der Waals surface area contributed by atoms with Gasteiger partial charge in [-0.2, -0.15) is 0 Å². The Bertz CT molecular complexity index is 599. The Hall–Kier alpha value is -2.08. The molecule has 0 saturated heterocycles. The zero-order valence-corrected chi connectivity index (χ0v) is 12.9. The molecule has 5 nitrogen and oxygen atoms in total. The molecule has 1 aromatic heterocycles. The number of methoxy groups -OCH3 is 1. The third kappa shape index (κ3) is 3.52. The van der Waals surface area contributed by atoms with Gasteiger partial charge in [0.1, 0.15) is 5.69 Å². The minimum atomic E-state index is -0.404. The number of nitrogens with one attached hydrogen (secondary N) is 1. The Balaban J connectivity index is 2.34. The zero-order chi connectivity index (χ0) is 15.2. The highest BCUT2D eigenvalue weighted by Crippen LogP contribution is 2.37. The molecular weight excluding hydrogens is 288 g/mol. The quantitative estimate of drug-likeness (QED) is 0.599. The van der Waals surface area contributed by atoms with E-state index in [1.165, 1.54) is 12.0 Å². The van der Waals surface area contributed by atoms with Crippen molar-refractivity contribution in [2.24, 2.45) is 0 Å². The molecule has 0 spiro atoms. The Labute approximate surface area is 127 Å². The molecule has 0 amide bonds. The van der Waals surface area contributed by atoms with E-state index in [1.54, 1.807) is 29.5 Å². The van der Waals surface area contributed by atoms with Gasteiger partial charge in [-0.25, -0.2) is 0 Å². The fourth-order valence-corrected chi connectivity index (χ4v) is 3.06. The lowest BCUT2D eigenvalue weighted by Crippen LogP contribution is -2.11. The van der Waals surface area contributed by atoms with Crippen molar-refractivity contribution in [1.29, 1.82) is 0 Å². The molecular formula is C15H18N2O3S. The smallest absolute Gasteiger partial charge is 0.333 e. The first kappa shape index (κ1) is 15.3. The van der Waals surface area contributed by atoms with E-state index in [0.29, 0.717) is 5.69 Å². The second kappa shape index (κ2) is 7.08. The largest absolute Gasteiger partial charge is 0.490 e. The maximum atomic E-state index is 11.3. The molecule has 112 valence electrons. The normalized spacial score (nSPS) is 11.9. The summed E-state index contributed by atoms with van der Waals surface area (Å²) in [5.41, 5.74) is 0.476. The van der Waals surface area contributed by atoms with Gasteiger partial charge in [-0.1, -0.05) is 25.5 Å². The van der Waals surface area contributed by atoms with E-state index in [4.69, 9.17) is 4.74 Å². The SMILES string of the molecule is CCCC(Nc1cccc(OC)c1[N+](=O)[O-])c1cccs1. The third-order valence-electron chi connectivity index (χ3n) is 3.20. The number of nitrogens with zero attached hydrogens (tertiary/aromatic N) is 1. The van der Waals surface area contributed by atoms with Crippen molar-refractivity contribution in [3.63, 3.8) is 0 Å². The van der Waals surface area contributed by atoms with Crippen LogP contribution in [0.25, 0.3) is 0 Å². The second-order valence-corrected chi connectivity index (χ2v) is 5.59. The van der Waals surface area contributed by atoms with Gasteiger partial charge in [0.25, 0.3) is 0 Å². The summed E-state index contributed by atoms with van der Waals surface area (Å²) in [6.07, 6.45) is 1.90. The first-order valence-electron chi connectivity index (χ1n) is 6.78. The summed E-state index contributed by atoms with van der Waals surface area (Å²) in [7, 11) is 1.44. The molecule has 1 aromatic carbocycles. The lowest BCUT2D eigenvalue weighted by molar-refractivity contribution is -0.384. The standard InChI is InChI=1S/C15H18N2O3S/c1-3-6-11(14-9-5-10-21-14)16-12-7-4-8-13(20-2)15(12)17(18)19/h4-5,7-11,16H,3,6H2,1-2H3. The van der Waals surface area contributed by atoms with Crippen LogP contribution in [-0.2, 0) is 0 Å². The van der Waals surface area contributed by atoms with Crippen molar-refractivity contribution >= 4 is 22.7 Å². The van der Waals surface area contributed by atoms with Crippen molar-refractivity contribution in [1.82, 2.24) is 0 Å². The van der Waals surface area contributed by atoms with Crippen molar-refractivity contribution in [3.8, 4) is 5.75 Å². The maximum Gasteiger partial charge on any atom is 0.333 e. The first-order valence-corrected chi connectivity index (χ1v) is 7.66. The summed E-state index contributed by atoms with van der Waals surface area (Å²) in [5, 5.41) is 16.6. The number of ether oxygens (including phenoxy) is 1. The molecule has 0 radical (unpaired) electrons. The summed E-state index contributed by atoms with van der Waals surface area (Å²) in [6.45, 7) is 2.10. The summed E-state index contributed by atoms with van der Waals surface area (Å²) in [5.74, 6) is 0.270. The molecule has 0 aliphatic carbocycles. The molecule has 0 aliphatic rings. The number of benzene rings is 1. The molecule has 2 aromatic rings. The van der Waals surface area contributed by atoms with Crippen LogP contribution >= 0.6 is 11.3 Å². The van der Waals surface area contributed by atoms with Crippen LogP contribution in [0.5, 0.6) is 5.75 Å². The molecule has 1 heterocycles. The van der Waals surface area contributed by atoms with Crippen molar-refractivity contribution in [2.45, 2.75) is 25.8 Å². The van der Waals surface area contributed by atoms with E-state index in [9.17, 15) is 10.1 Å². The molecule has 0 aliphatic heterocycles. The van der Waals surface area contributed by atoms with Crippen LogP contribution in [0.15, 0.2) is 35.7 Å². The highest BCUT2D eigenvalue weighted by atomic mass is 32.1. The summed E-state index contributed by atoms with van der Waals surface area (Å²) in [6, 6.07) is 9.18. The fourth-order valence-electron chi connectivity index (χ4n) is 2.24. The summed E-state index contributed by atoms with van der Waals surface area (Å²) < 4.78 is 5.10. The van der Waals surface area contributed by atoms with Crippen molar-refractivity contribution < 1.29 is 9.66 Å².